The molecule has 0 spiro atoms. The van der Waals surface area contributed by atoms with E-state index in [1.54, 1.807) is 0 Å². The van der Waals surface area contributed by atoms with Crippen molar-refractivity contribution in [1.82, 2.24) is 10.2 Å². The van der Waals surface area contributed by atoms with Gasteiger partial charge in [0.2, 0.25) is 5.91 Å². The van der Waals surface area contributed by atoms with Crippen LogP contribution in [0.5, 0.6) is 5.75 Å². The molecular weight excluding hydrogens is 424 g/mol. The van der Waals surface area contributed by atoms with Gasteiger partial charge in [-0.3, -0.25) is 9.59 Å². The maximum Gasteiger partial charge on any atom is 0.260 e. The number of ether oxygens (including phenoxy) is 1. The molecule has 0 saturated carbocycles. The van der Waals surface area contributed by atoms with Crippen LogP contribution in [0.1, 0.15) is 43.4 Å². The molecule has 1 aliphatic heterocycles. The minimum Gasteiger partial charge on any atom is -0.483 e. The van der Waals surface area contributed by atoms with Gasteiger partial charge in [0.05, 0.1) is 12.5 Å². The van der Waals surface area contributed by atoms with Crippen molar-refractivity contribution in [3.05, 3.63) is 90.0 Å². The molecular formula is C29H32N2O3. The molecule has 5 nitrogen and oxygen atoms in total. The van der Waals surface area contributed by atoms with Crippen LogP contribution in [0.15, 0.2) is 78.9 Å². The fraction of sp³-hybridized carbons (Fsp3) is 0.310. The van der Waals surface area contributed by atoms with Crippen molar-refractivity contribution >= 4 is 11.8 Å². The summed E-state index contributed by atoms with van der Waals surface area (Å²) in [6.07, 6.45) is 3.14. The van der Waals surface area contributed by atoms with Crippen LogP contribution in [0, 0.1) is 0 Å². The summed E-state index contributed by atoms with van der Waals surface area (Å²) < 4.78 is 5.91. The first-order valence-corrected chi connectivity index (χ1v) is 12.1. The number of nitrogens with one attached hydrogen (secondary N) is 1. The van der Waals surface area contributed by atoms with E-state index in [9.17, 15) is 9.59 Å². The molecule has 1 saturated heterocycles. The summed E-state index contributed by atoms with van der Waals surface area (Å²) in [4.78, 5) is 27.1. The number of hydrogen-bond donors (Lipinski definition) is 1. The molecule has 4 rings (SSSR count). The van der Waals surface area contributed by atoms with Crippen LogP contribution in [0.25, 0.3) is 11.1 Å². The highest BCUT2D eigenvalue weighted by atomic mass is 16.5. The molecule has 176 valence electrons. The number of amides is 2. The summed E-state index contributed by atoms with van der Waals surface area (Å²) in [7, 11) is 0. The Morgan fingerprint density at radius 3 is 2.24 bits per heavy atom. The lowest BCUT2D eigenvalue weighted by Gasteiger charge is -2.22. The summed E-state index contributed by atoms with van der Waals surface area (Å²) in [5.41, 5.74) is 4.15. The van der Waals surface area contributed by atoms with E-state index in [1.807, 2.05) is 66.4 Å². The third-order valence-electron chi connectivity index (χ3n) is 6.27. The topological polar surface area (TPSA) is 58.6 Å². The van der Waals surface area contributed by atoms with Crippen LogP contribution in [-0.2, 0) is 16.0 Å². The quantitative estimate of drug-likeness (QED) is 0.484. The van der Waals surface area contributed by atoms with Gasteiger partial charge in [-0.05, 0) is 42.0 Å². The normalized spacial score (nSPS) is 14.0. The van der Waals surface area contributed by atoms with Crippen molar-refractivity contribution in [2.24, 2.45) is 0 Å². The Morgan fingerprint density at radius 2 is 1.53 bits per heavy atom. The summed E-state index contributed by atoms with van der Waals surface area (Å²) in [5.74, 6) is 0.625. The molecule has 1 aliphatic rings. The highest BCUT2D eigenvalue weighted by Gasteiger charge is 2.21. The Kier molecular flexibility index (Phi) is 7.97. The summed E-state index contributed by atoms with van der Waals surface area (Å²) in [5, 5.41) is 3.15. The zero-order valence-corrected chi connectivity index (χ0v) is 19.7. The number of rotatable bonds is 9. The van der Waals surface area contributed by atoms with Gasteiger partial charge in [0.25, 0.3) is 5.91 Å². The number of benzene rings is 3. The number of carbonyl (C=O) groups excluding carboxylic acids is 2. The van der Waals surface area contributed by atoms with Gasteiger partial charge in [-0.25, -0.2) is 0 Å². The van der Waals surface area contributed by atoms with Gasteiger partial charge < -0.3 is 15.0 Å². The fourth-order valence-corrected chi connectivity index (χ4v) is 4.37. The Hall–Kier alpha value is -3.60. The zero-order chi connectivity index (χ0) is 23.8. The van der Waals surface area contributed by atoms with Crippen molar-refractivity contribution < 1.29 is 14.3 Å². The van der Waals surface area contributed by atoms with E-state index in [0.717, 1.165) is 54.6 Å². The van der Waals surface area contributed by atoms with Crippen LogP contribution in [0.4, 0.5) is 0 Å². The lowest BCUT2D eigenvalue weighted by molar-refractivity contribution is -0.132. The molecule has 1 N–H and O–H groups in total. The third-order valence-corrected chi connectivity index (χ3v) is 6.27. The van der Waals surface area contributed by atoms with E-state index in [2.05, 4.69) is 29.6 Å². The van der Waals surface area contributed by atoms with Crippen LogP contribution >= 0.6 is 0 Å². The molecule has 1 atom stereocenters. The fourth-order valence-electron chi connectivity index (χ4n) is 4.37. The van der Waals surface area contributed by atoms with E-state index >= 15 is 0 Å². The second-order valence-corrected chi connectivity index (χ2v) is 8.68. The second kappa shape index (κ2) is 11.5. The third kappa shape index (κ3) is 6.04. The van der Waals surface area contributed by atoms with Gasteiger partial charge in [-0.1, -0.05) is 79.7 Å². The number of carbonyl (C=O) groups is 2. The van der Waals surface area contributed by atoms with Crippen molar-refractivity contribution in [2.45, 2.75) is 38.6 Å². The largest absolute Gasteiger partial charge is 0.483 e. The number of hydrogen-bond acceptors (Lipinski definition) is 3. The van der Waals surface area contributed by atoms with Crippen LogP contribution in [0.3, 0.4) is 0 Å². The van der Waals surface area contributed by atoms with E-state index < -0.39 is 0 Å². The number of para-hydroxylation sites is 1. The molecule has 3 aromatic carbocycles. The SMILES string of the molecule is CCC(NC(=O)Cc1ccc(-c2ccccc2)cc1)c1ccccc1OCC(=O)N1CCCC1. The van der Waals surface area contributed by atoms with Crippen LogP contribution in [0.2, 0.25) is 0 Å². The minimum absolute atomic E-state index is 0.0170. The summed E-state index contributed by atoms with van der Waals surface area (Å²) in [6, 6.07) is 25.8. The first-order valence-electron chi connectivity index (χ1n) is 12.1. The van der Waals surface area contributed by atoms with Gasteiger partial charge in [0.1, 0.15) is 5.75 Å². The zero-order valence-electron chi connectivity index (χ0n) is 19.7. The number of likely N-dealkylation sites (tertiary alicyclic amines) is 1. The Balaban J connectivity index is 1.37. The van der Waals surface area contributed by atoms with Gasteiger partial charge in [-0.2, -0.15) is 0 Å². The molecule has 0 aromatic heterocycles. The molecule has 0 bridgehead atoms. The molecule has 2 amide bonds. The van der Waals surface area contributed by atoms with Gasteiger partial charge in [0.15, 0.2) is 6.61 Å². The maximum absolute atomic E-state index is 12.8. The van der Waals surface area contributed by atoms with Crippen molar-refractivity contribution in [3.8, 4) is 16.9 Å². The number of nitrogens with zero attached hydrogens (tertiary/aromatic N) is 1. The Bertz CT molecular complexity index is 1090. The van der Waals surface area contributed by atoms with Crippen LogP contribution < -0.4 is 10.1 Å². The standard InChI is InChI=1S/C29H32N2O3/c1-2-26(25-12-6-7-13-27(25)34-21-29(33)31-18-8-9-19-31)30-28(32)20-22-14-16-24(17-15-22)23-10-4-3-5-11-23/h3-7,10-17,26H,2,8-9,18-21H2,1H3,(H,30,32). The second-order valence-electron chi connectivity index (χ2n) is 8.68. The molecule has 0 radical (unpaired) electrons. The lowest BCUT2D eigenvalue weighted by atomic mass is 10.0. The highest BCUT2D eigenvalue weighted by Crippen LogP contribution is 2.28. The average Bonchev–Trinajstić information content (AvgIpc) is 3.42. The van der Waals surface area contributed by atoms with Crippen molar-refractivity contribution in [1.29, 1.82) is 0 Å². The maximum atomic E-state index is 12.8. The van der Waals surface area contributed by atoms with Crippen LogP contribution in [-0.4, -0.2) is 36.4 Å². The molecule has 5 heteroatoms. The van der Waals surface area contributed by atoms with E-state index in [0.29, 0.717) is 12.2 Å². The smallest absolute Gasteiger partial charge is 0.260 e. The summed E-state index contributed by atoms with van der Waals surface area (Å²) in [6.45, 7) is 3.68. The highest BCUT2D eigenvalue weighted by molar-refractivity contribution is 5.80. The Morgan fingerprint density at radius 1 is 0.882 bits per heavy atom. The minimum atomic E-state index is -0.186. The predicted molar refractivity (Wildman–Crippen MR) is 135 cm³/mol. The van der Waals surface area contributed by atoms with Crippen molar-refractivity contribution in [2.75, 3.05) is 19.7 Å². The van der Waals surface area contributed by atoms with E-state index in [1.165, 1.54) is 0 Å². The Labute approximate surface area is 201 Å². The van der Waals surface area contributed by atoms with Crippen molar-refractivity contribution in [3.63, 3.8) is 0 Å². The van der Waals surface area contributed by atoms with E-state index in [-0.39, 0.29) is 24.5 Å². The molecule has 1 fully saturated rings. The molecule has 0 aliphatic carbocycles. The predicted octanol–water partition coefficient (Wildman–Crippen LogP) is 5.16. The van der Waals surface area contributed by atoms with Gasteiger partial charge >= 0.3 is 0 Å². The van der Waals surface area contributed by atoms with Gasteiger partial charge in [0, 0.05) is 18.7 Å². The molecule has 1 unspecified atom stereocenters. The molecule has 3 aromatic rings. The van der Waals surface area contributed by atoms with Gasteiger partial charge in [-0.15, -0.1) is 0 Å². The van der Waals surface area contributed by atoms with E-state index in [4.69, 9.17) is 4.74 Å². The first-order chi connectivity index (χ1) is 16.6. The lowest BCUT2D eigenvalue weighted by Crippen LogP contribution is -2.33. The average molecular weight is 457 g/mol. The monoisotopic (exact) mass is 456 g/mol. The molecule has 1 heterocycles. The molecule has 34 heavy (non-hydrogen) atoms. The first kappa shape index (κ1) is 23.6. The summed E-state index contributed by atoms with van der Waals surface area (Å²) >= 11 is 0.